The molecule has 4 aliphatic rings. The summed E-state index contributed by atoms with van der Waals surface area (Å²) in [5.74, 6) is 1.12. The molecule has 7 aromatic heterocycles. The standard InChI is InChI=1S/C13H15NS.C13H13NS.C12H15NO.C9H19BO2.C9H13NS.C9H11NS.CH4/c2*1-9(2)14-7-11-5-10-3-4-15-13(10)6-12(11)8-14;1-8(2)10-7-6-9-11(13-10)4-3-5-12(9)14;1-7(2)10-11-8(3,4)9(5,6)12-10;2*1-7(2)10-5-8-3-4-11-9(8)6-10;/h3-6,9H,7-8H2,1-2H3;3-9H,1-2H3;6-8H,3-5H2,1-2H3;7H,1-6H3;3-4,7H,5-6H2,1-2H3;3-7H,1-2H3;1H4. The molecular weight excluding hydrogens is 1050 g/mol. The summed E-state index contributed by atoms with van der Waals surface area (Å²) in [7, 11) is -0.0463. The number of nitrogens with zero attached hydrogens (tertiary/aromatic N) is 5. The van der Waals surface area contributed by atoms with Crippen molar-refractivity contribution in [1.82, 2.24) is 23.9 Å². The smallest absolute Gasteiger partial charge is 0.403 e. The Hall–Kier alpha value is -4.44. The predicted octanol–water partition coefficient (Wildman–Crippen LogP) is 19.7. The maximum Gasteiger partial charge on any atom is 0.460 e. The third-order valence-electron chi connectivity index (χ3n) is 15.8. The minimum atomic E-state index is -0.179. The van der Waals surface area contributed by atoms with Crippen molar-refractivity contribution >= 4 is 99.3 Å². The lowest BCUT2D eigenvalue weighted by Crippen LogP contribution is -2.41. The molecule has 1 saturated heterocycles. The Labute approximate surface area is 490 Å². The van der Waals surface area contributed by atoms with Gasteiger partial charge < -0.3 is 18.4 Å². The van der Waals surface area contributed by atoms with Crippen LogP contribution < -0.4 is 0 Å². The van der Waals surface area contributed by atoms with E-state index in [0.717, 1.165) is 49.4 Å². The number of Topliss-reactive ketones (excluding diaryl/α,β-unsaturated/α-hetero) is 1. The van der Waals surface area contributed by atoms with Gasteiger partial charge in [0.05, 0.1) is 21.6 Å². The van der Waals surface area contributed by atoms with Crippen molar-refractivity contribution < 1.29 is 14.1 Å². The van der Waals surface area contributed by atoms with Crippen LogP contribution in [0.3, 0.4) is 0 Å². The van der Waals surface area contributed by atoms with Crippen LogP contribution in [-0.2, 0) is 41.9 Å². The van der Waals surface area contributed by atoms with Crippen LogP contribution in [0.25, 0.3) is 41.0 Å². The molecule has 0 radical (unpaired) electrons. The Morgan fingerprint density at radius 2 is 1.03 bits per heavy atom. The first-order valence-corrected chi connectivity index (χ1v) is 31.9. The lowest BCUT2D eigenvalue weighted by Gasteiger charge is -2.32. The van der Waals surface area contributed by atoms with Crippen LogP contribution in [0.2, 0.25) is 5.82 Å². The second kappa shape index (κ2) is 26.6. The zero-order valence-corrected chi connectivity index (χ0v) is 52.7. The molecule has 3 aliphatic heterocycles. The van der Waals surface area contributed by atoms with Gasteiger partial charge in [0.2, 0.25) is 0 Å². The minimum absolute atomic E-state index is 0. The van der Waals surface area contributed by atoms with Gasteiger partial charge in [0, 0.05) is 123 Å². The van der Waals surface area contributed by atoms with E-state index >= 15 is 0 Å². The van der Waals surface area contributed by atoms with Crippen molar-refractivity contribution in [3.63, 3.8) is 0 Å². The van der Waals surface area contributed by atoms with Crippen molar-refractivity contribution in [1.29, 1.82) is 0 Å². The number of rotatable bonds is 6. The second-order valence-corrected chi connectivity index (χ2v) is 28.1. The van der Waals surface area contributed by atoms with Gasteiger partial charge >= 0.3 is 7.12 Å². The highest BCUT2D eigenvalue weighted by Crippen LogP contribution is 2.40. The van der Waals surface area contributed by atoms with E-state index in [4.69, 9.17) is 9.31 Å². The Morgan fingerprint density at radius 3 is 1.58 bits per heavy atom. The van der Waals surface area contributed by atoms with Crippen molar-refractivity contribution in [3.8, 4) is 0 Å². The van der Waals surface area contributed by atoms with Gasteiger partial charge in [-0.05, 0) is 217 Å². The van der Waals surface area contributed by atoms with Crippen LogP contribution in [-0.4, -0.2) is 60.1 Å². The molecule has 0 bridgehead atoms. The lowest BCUT2D eigenvalue weighted by atomic mass is 9.75. The van der Waals surface area contributed by atoms with E-state index in [-0.39, 0.29) is 31.5 Å². The Morgan fingerprint density at radius 1 is 0.519 bits per heavy atom. The minimum Gasteiger partial charge on any atom is -0.403 e. The van der Waals surface area contributed by atoms with Crippen LogP contribution >= 0.6 is 45.3 Å². The topological polar surface area (TPSA) is 64.8 Å². The highest BCUT2D eigenvalue weighted by atomic mass is 32.1. The molecule has 1 aliphatic carbocycles. The first-order valence-electron chi connectivity index (χ1n) is 28.4. The van der Waals surface area contributed by atoms with Gasteiger partial charge in [-0.3, -0.25) is 19.6 Å². The zero-order valence-electron chi connectivity index (χ0n) is 49.5. The fraction of sp³-hybridized carbons (Fsp3) is 0.485. The Bertz CT molecular complexity index is 3250. The van der Waals surface area contributed by atoms with Gasteiger partial charge in [0.1, 0.15) is 0 Å². The van der Waals surface area contributed by atoms with E-state index in [9.17, 15) is 4.79 Å². The van der Waals surface area contributed by atoms with E-state index in [1.54, 1.807) is 21.8 Å². The molecule has 0 atom stereocenters. The van der Waals surface area contributed by atoms with Gasteiger partial charge in [-0.2, -0.15) is 0 Å². The summed E-state index contributed by atoms with van der Waals surface area (Å²) in [6, 6.07) is 24.5. The number of benzene rings is 2. The Balaban J connectivity index is 0.000000137. The first kappa shape index (κ1) is 62.2. The number of aromatic nitrogens is 3. The summed E-state index contributed by atoms with van der Waals surface area (Å²) in [5.41, 5.74) is 7.19. The van der Waals surface area contributed by atoms with Crippen LogP contribution in [0.15, 0.2) is 107 Å². The van der Waals surface area contributed by atoms with Gasteiger partial charge in [-0.25, -0.2) is 0 Å². The van der Waals surface area contributed by atoms with Gasteiger partial charge in [0.15, 0.2) is 5.78 Å². The third kappa shape index (κ3) is 15.2. The molecule has 0 unspecified atom stereocenters. The number of hydrogen-bond acceptors (Lipinski definition) is 10. The summed E-state index contributed by atoms with van der Waals surface area (Å²) in [5, 5.41) is 15.5. The van der Waals surface area contributed by atoms with Crippen molar-refractivity contribution in [2.45, 2.75) is 211 Å². The molecule has 79 heavy (non-hydrogen) atoms. The first-order chi connectivity index (χ1) is 37.0. The summed E-state index contributed by atoms with van der Waals surface area (Å²) >= 11 is 7.35. The summed E-state index contributed by atoms with van der Waals surface area (Å²) in [4.78, 5) is 22.7. The molecule has 8 nitrogen and oxygen atoms in total. The zero-order chi connectivity index (χ0) is 56.2. The summed E-state index contributed by atoms with van der Waals surface area (Å²) < 4.78 is 20.3. The highest BCUT2D eigenvalue weighted by molar-refractivity contribution is 7.17. The van der Waals surface area contributed by atoms with E-state index in [1.165, 1.54) is 58.7 Å². The molecule has 10 heterocycles. The molecule has 1 fully saturated rings. The number of aryl methyl sites for hydroxylation is 1. The number of pyridine rings is 1. The number of thiophene rings is 4. The molecule has 0 spiro atoms. The normalized spacial score (nSPS) is 16.3. The van der Waals surface area contributed by atoms with Crippen molar-refractivity contribution in [3.05, 3.63) is 145 Å². The molecule has 2 aromatic carbocycles. The Kier molecular flexibility index (Phi) is 21.0. The number of carbonyl (C=O) groups excluding carboxylic acids is 1. The van der Waals surface area contributed by atoms with Crippen LogP contribution in [0.1, 0.15) is 192 Å². The number of hydrogen-bond donors (Lipinski definition) is 0. The second-order valence-electron chi connectivity index (χ2n) is 24.3. The highest BCUT2D eigenvalue weighted by Gasteiger charge is 2.51. The summed E-state index contributed by atoms with van der Waals surface area (Å²) in [6.07, 6.45) is 11.5. The third-order valence-corrected chi connectivity index (χ3v) is 19.3. The maximum absolute atomic E-state index is 11.5. The summed E-state index contributed by atoms with van der Waals surface area (Å²) in [6.45, 7) is 39.3. The van der Waals surface area contributed by atoms with E-state index in [0.29, 0.717) is 42.3 Å². The molecule has 0 amide bonds. The van der Waals surface area contributed by atoms with E-state index < -0.39 is 0 Å². The average molecular weight is 1140 g/mol. The molecule has 9 aromatic rings. The molecule has 424 valence electrons. The van der Waals surface area contributed by atoms with E-state index in [1.807, 2.05) is 46.1 Å². The molecular formula is C66H90BN5O3S4. The van der Waals surface area contributed by atoms with Crippen molar-refractivity contribution in [2.75, 3.05) is 0 Å². The average Bonchev–Trinajstić information content (AvgIpc) is 4.27. The maximum atomic E-state index is 11.5. The molecule has 0 saturated carbocycles. The number of fused-ring (bicyclic) bond motifs is 7. The van der Waals surface area contributed by atoms with Crippen LogP contribution in [0.4, 0.5) is 0 Å². The lowest BCUT2D eigenvalue weighted by molar-refractivity contribution is 0.00578. The number of carbonyl (C=O) groups is 1. The SMILES string of the molecule is C.CC(C)B1OC(C)(C)C(C)(C)O1.CC(C)N1Cc2cc3ccsc3cc2C1.CC(C)N1Cc2ccsc2C1.CC(C)c1ccc2c(n1)CCCC2=O.CC(C)n1cc2cc3ccsc3cc2c1.CC(C)n1cc2ccsc2c1. The number of ketones is 1. The van der Waals surface area contributed by atoms with Crippen molar-refractivity contribution in [2.24, 2.45) is 0 Å². The molecule has 0 N–H and O–H groups in total. The largest absolute Gasteiger partial charge is 0.460 e. The van der Waals surface area contributed by atoms with Crippen LogP contribution in [0.5, 0.6) is 0 Å². The fourth-order valence-electron chi connectivity index (χ4n) is 9.82. The predicted molar refractivity (Wildman–Crippen MR) is 346 cm³/mol. The van der Waals surface area contributed by atoms with Gasteiger partial charge in [-0.1, -0.05) is 35.1 Å². The van der Waals surface area contributed by atoms with E-state index in [2.05, 4.69) is 230 Å². The quantitative estimate of drug-likeness (QED) is 0.155. The fourth-order valence-corrected chi connectivity index (χ4v) is 13.2. The van der Waals surface area contributed by atoms with Gasteiger partial charge in [0.25, 0.3) is 0 Å². The molecule has 13 heteroatoms. The monoisotopic (exact) mass is 1140 g/mol. The molecule has 13 rings (SSSR count). The van der Waals surface area contributed by atoms with Crippen LogP contribution in [0, 0.1) is 0 Å². The van der Waals surface area contributed by atoms with Gasteiger partial charge in [-0.15, -0.1) is 45.3 Å².